The number of rotatable bonds is 4. The van der Waals surface area contributed by atoms with Crippen molar-refractivity contribution in [2.24, 2.45) is 0 Å². The van der Waals surface area contributed by atoms with Gasteiger partial charge in [-0.05, 0) is 31.9 Å². The Hall–Kier alpha value is -1.95. The monoisotopic (exact) mass is 328 g/mol. The van der Waals surface area contributed by atoms with Gasteiger partial charge in [-0.1, -0.05) is 20.8 Å². The van der Waals surface area contributed by atoms with E-state index in [1.807, 2.05) is 19.2 Å². The first-order valence-electron chi connectivity index (χ1n) is 8.75. The second-order valence-corrected chi connectivity index (χ2v) is 7.72. The highest BCUT2D eigenvalue weighted by atomic mass is 15.3. The van der Waals surface area contributed by atoms with Crippen LogP contribution in [0.2, 0.25) is 0 Å². The number of anilines is 1. The third-order valence-electron chi connectivity index (χ3n) is 4.58. The van der Waals surface area contributed by atoms with Crippen molar-refractivity contribution in [3.63, 3.8) is 0 Å². The van der Waals surface area contributed by atoms with Crippen LogP contribution in [-0.2, 0) is 12.0 Å². The summed E-state index contributed by atoms with van der Waals surface area (Å²) < 4.78 is 0. The van der Waals surface area contributed by atoms with Crippen LogP contribution < -0.4 is 10.2 Å². The van der Waals surface area contributed by atoms with Gasteiger partial charge in [0.2, 0.25) is 0 Å². The lowest BCUT2D eigenvalue weighted by Gasteiger charge is -2.34. The Bertz CT molecular complexity index is 655. The van der Waals surface area contributed by atoms with E-state index in [1.54, 1.807) is 0 Å². The molecule has 1 atom stereocenters. The van der Waals surface area contributed by atoms with Crippen molar-refractivity contribution in [2.75, 3.05) is 18.0 Å². The Morgan fingerprint density at radius 3 is 2.83 bits per heavy atom. The van der Waals surface area contributed by atoms with Crippen molar-refractivity contribution >= 4 is 5.82 Å². The molecule has 0 saturated carbocycles. The fourth-order valence-electron chi connectivity index (χ4n) is 3.26. The summed E-state index contributed by atoms with van der Waals surface area (Å²) in [4.78, 5) is 2.33. The van der Waals surface area contributed by atoms with Crippen molar-refractivity contribution in [2.45, 2.75) is 58.5 Å². The molecule has 1 aliphatic rings. The molecule has 2 N–H and O–H groups in total. The van der Waals surface area contributed by atoms with E-state index in [-0.39, 0.29) is 5.41 Å². The third-order valence-corrected chi connectivity index (χ3v) is 4.58. The summed E-state index contributed by atoms with van der Waals surface area (Å²) in [5.41, 5.74) is 3.52. The van der Waals surface area contributed by atoms with Gasteiger partial charge >= 0.3 is 0 Å². The van der Waals surface area contributed by atoms with Crippen molar-refractivity contribution < 1.29 is 0 Å². The van der Waals surface area contributed by atoms with Crippen molar-refractivity contribution in [1.29, 1.82) is 0 Å². The van der Waals surface area contributed by atoms with Gasteiger partial charge < -0.3 is 10.2 Å². The minimum Gasteiger partial charge on any atom is -0.354 e. The van der Waals surface area contributed by atoms with E-state index < -0.39 is 0 Å². The maximum absolute atomic E-state index is 4.33. The molecule has 3 heterocycles. The predicted octanol–water partition coefficient (Wildman–Crippen LogP) is 2.56. The molecule has 0 bridgehead atoms. The van der Waals surface area contributed by atoms with Gasteiger partial charge in [-0.2, -0.15) is 10.2 Å². The van der Waals surface area contributed by atoms with E-state index in [4.69, 9.17) is 0 Å². The standard InChI is InChI=1S/C18H28N6/c1-13-7-8-16(22-21-13)24-9-5-6-15(12-24)19-10-14-11-20-23-17(14)18(2,3)4/h7-8,11,15,19H,5-6,9-10,12H2,1-4H3,(H,20,23)/t15-/m0/s1. The summed E-state index contributed by atoms with van der Waals surface area (Å²) in [6.07, 6.45) is 4.31. The molecule has 0 aromatic carbocycles. The molecule has 1 fully saturated rings. The molecule has 0 spiro atoms. The van der Waals surface area contributed by atoms with Crippen molar-refractivity contribution in [1.82, 2.24) is 25.7 Å². The van der Waals surface area contributed by atoms with E-state index in [0.29, 0.717) is 6.04 Å². The van der Waals surface area contributed by atoms with Crippen LogP contribution in [0, 0.1) is 6.92 Å². The topological polar surface area (TPSA) is 69.7 Å². The lowest BCUT2D eigenvalue weighted by Crippen LogP contribution is -2.46. The molecule has 0 unspecified atom stereocenters. The van der Waals surface area contributed by atoms with E-state index in [2.05, 4.69) is 57.4 Å². The van der Waals surface area contributed by atoms with Gasteiger partial charge in [-0.3, -0.25) is 5.10 Å². The van der Waals surface area contributed by atoms with Crippen molar-refractivity contribution in [3.8, 4) is 0 Å². The first kappa shape index (κ1) is 16.9. The summed E-state index contributed by atoms with van der Waals surface area (Å²) >= 11 is 0. The third kappa shape index (κ3) is 3.93. The molecular formula is C18H28N6. The van der Waals surface area contributed by atoms with Crippen LogP contribution in [0.5, 0.6) is 0 Å². The zero-order valence-corrected chi connectivity index (χ0v) is 15.1. The van der Waals surface area contributed by atoms with Crippen LogP contribution in [0.3, 0.4) is 0 Å². The zero-order valence-electron chi connectivity index (χ0n) is 15.1. The van der Waals surface area contributed by atoms with Crippen LogP contribution in [0.1, 0.15) is 50.6 Å². The first-order valence-corrected chi connectivity index (χ1v) is 8.75. The maximum atomic E-state index is 4.33. The van der Waals surface area contributed by atoms with Crippen LogP contribution in [0.25, 0.3) is 0 Å². The van der Waals surface area contributed by atoms with E-state index in [1.165, 1.54) is 24.1 Å². The van der Waals surface area contributed by atoms with Gasteiger partial charge in [0.25, 0.3) is 0 Å². The summed E-state index contributed by atoms with van der Waals surface area (Å²) in [7, 11) is 0. The number of hydrogen-bond donors (Lipinski definition) is 2. The van der Waals surface area contributed by atoms with Crippen LogP contribution in [0.15, 0.2) is 18.3 Å². The van der Waals surface area contributed by atoms with Gasteiger partial charge in [0.15, 0.2) is 5.82 Å². The van der Waals surface area contributed by atoms with Crippen LogP contribution in [0.4, 0.5) is 5.82 Å². The SMILES string of the molecule is Cc1ccc(N2CCC[C@H](NCc3cn[nH]c3C(C)(C)C)C2)nn1. The molecular weight excluding hydrogens is 300 g/mol. The van der Waals surface area contributed by atoms with Gasteiger partial charge in [-0.15, -0.1) is 5.10 Å². The van der Waals surface area contributed by atoms with Gasteiger partial charge in [-0.25, -0.2) is 0 Å². The summed E-state index contributed by atoms with van der Waals surface area (Å²) in [6.45, 7) is 11.5. The normalized spacial score (nSPS) is 18.8. The maximum Gasteiger partial charge on any atom is 0.151 e. The molecule has 6 nitrogen and oxygen atoms in total. The van der Waals surface area contributed by atoms with E-state index in [9.17, 15) is 0 Å². The first-order chi connectivity index (χ1) is 11.4. The number of nitrogens with zero attached hydrogens (tertiary/aromatic N) is 4. The molecule has 3 rings (SSSR count). The molecule has 6 heteroatoms. The molecule has 1 aliphatic heterocycles. The number of aromatic amines is 1. The Kier molecular flexibility index (Phi) is 4.85. The summed E-state index contributed by atoms with van der Waals surface area (Å²) in [5, 5.41) is 19.6. The van der Waals surface area contributed by atoms with Gasteiger partial charge in [0, 0.05) is 42.3 Å². The summed E-state index contributed by atoms with van der Waals surface area (Å²) in [5.74, 6) is 0.978. The number of aromatic nitrogens is 4. The molecule has 2 aromatic rings. The van der Waals surface area contributed by atoms with Crippen LogP contribution in [-0.4, -0.2) is 39.5 Å². The van der Waals surface area contributed by atoms with Crippen LogP contribution >= 0.6 is 0 Å². The average Bonchev–Trinajstić information content (AvgIpc) is 3.03. The molecule has 24 heavy (non-hydrogen) atoms. The molecule has 130 valence electrons. The Morgan fingerprint density at radius 2 is 2.12 bits per heavy atom. The second-order valence-electron chi connectivity index (χ2n) is 7.72. The average molecular weight is 328 g/mol. The lowest BCUT2D eigenvalue weighted by atomic mass is 9.89. The fourth-order valence-corrected chi connectivity index (χ4v) is 3.26. The highest BCUT2D eigenvalue weighted by Crippen LogP contribution is 2.24. The Labute approximate surface area is 144 Å². The molecule has 0 radical (unpaired) electrons. The lowest BCUT2D eigenvalue weighted by molar-refractivity contribution is 0.417. The molecule has 2 aromatic heterocycles. The molecule has 0 aliphatic carbocycles. The molecule has 1 saturated heterocycles. The Balaban J connectivity index is 1.60. The number of H-pyrrole nitrogens is 1. The highest BCUT2D eigenvalue weighted by molar-refractivity contribution is 5.38. The van der Waals surface area contributed by atoms with E-state index in [0.717, 1.165) is 31.1 Å². The number of piperidine rings is 1. The molecule has 0 amide bonds. The second kappa shape index (κ2) is 6.89. The predicted molar refractivity (Wildman–Crippen MR) is 96.1 cm³/mol. The number of aryl methyl sites for hydroxylation is 1. The highest BCUT2D eigenvalue weighted by Gasteiger charge is 2.23. The largest absolute Gasteiger partial charge is 0.354 e. The zero-order chi connectivity index (χ0) is 17.2. The quantitative estimate of drug-likeness (QED) is 0.903. The van der Waals surface area contributed by atoms with Gasteiger partial charge in [0.1, 0.15) is 0 Å². The summed E-state index contributed by atoms with van der Waals surface area (Å²) in [6, 6.07) is 4.56. The smallest absolute Gasteiger partial charge is 0.151 e. The number of nitrogens with one attached hydrogen (secondary N) is 2. The minimum atomic E-state index is 0.0869. The number of hydrogen-bond acceptors (Lipinski definition) is 5. The Morgan fingerprint density at radius 1 is 1.29 bits per heavy atom. The van der Waals surface area contributed by atoms with Gasteiger partial charge in [0.05, 0.1) is 11.9 Å². The minimum absolute atomic E-state index is 0.0869. The van der Waals surface area contributed by atoms with Crippen molar-refractivity contribution in [3.05, 3.63) is 35.3 Å². The fraction of sp³-hybridized carbons (Fsp3) is 0.611. The van der Waals surface area contributed by atoms with E-state index >= 15 is 0 Å².